The summed E-state index contributed by atoms with van der Waals surface area (Å²) < 4.78 is 12.8. The van der Waals surface area contributed by atoms with E-state index in [1.54, 1.807) is 0 Å². The average molecular weight is 262 g/mol. The van der Waals surface area contributed by atoms with Crippen LogP contribution in [0.4, 0.5) is 4.39 Å². The molecule has 1 aliphatic heterocycles. The highest BCUT2D eigenvalue weighted by Gasteiger charge is 2.21. The van der Waals surface area contributed by atoms with E-state index >= 15 is 0 Å². The molecule has 0 bridgehead atoms. The van der Waals surface area contributed by atoms with Crippen molar-refractivity contribution in [2.45, 2.75) is 19.5 Å². The molecule has 0 unspecified atom stereocenters. The molecule has 0 amide bonds. The largest absolute Gasteiger partial charge is 0.372 e. The SMILES string of the molecule is C[C@H]1CN(Cc2ccc(F)cc2)CCN1/C=C\C=O. The van der Waals surface area contributed by atoms with Gasteiger partial charge >= 0.3 is 0 Å². The molecule has 0 radical (unpaired) electrons. The molecule has 0 aromatic heterocycles. The van der Waals surface area contributed by atoms with Crippen molar-refractivity contribution in [1.82, 2.24) is 9.80 Å². The summed E-state index contributed by atoms with van der Waals surface area (Å²) in [7, 11) is 0. The van der Waals surface area contributed by atoms with Crippen molar-refractivity contribution in [3.63, 3.8) is 0 Å². The van der Waals surface area contributed by atoms with E-state index in [-0.39, 0.29) is 5.82 Å². The molecule has 3 nitrogen and oxygen atoms in total. The van der Waals surface area contributed by atoms with Gasteiger partial charge in [0.05, 0.1) is 0 Å². The zero-order valence-corrected chi connectivity index (χ0v) is 11.1. The first-order valence-corrected chi connectivity index (χ1v) is 6.53. The van der Waals surface area contributed by atoms with Gasteiger partial charge < -0.3 is 4.90 Å². The fraction of sp³-hybridized carbons (Fsp3) is 0.400. The van der Waals surface area contributed by atoms with Gasteiger partial charge in [-0.2, -0.15) is 0 Å². The second-order valence-corrected chi connectivity index (χ2v) is 4.93. The van der Waals surface area contributed by atoms with Crippen LogP contribution in [0.15, 0.2) is 36.5 Å². The van der Waals surface area contributed by atoms with Crippen LogP contribution in [0.25, 0.3) is 0 Å². The minimum Gasteiger partial charge on any atom is -0.372 e. The van der Waals surface area contributed by atoms with E-state index in [2.05, 4.69) is 16.7 Å². The van der Waals surface area contributed by atoms with E-state index in [1.165, 1.54) is 18.2 Å². The number of nitrogens with zero attached hydrogens (tertiary/aromatic N) is 2. The van der Waals surface area contributed by atoms with E-state index in [4.69, 9.17) is 0 Å². The molecule has 0 spiro atoms. The van der Waals surface area contributed by atoms with Gasteiger partial charge in [0.2, 0.25) is 0 Å². The predicted octanol–water partition coefficient (Wildman–Crippen LogP) is 2.04. The van der Waals surface area contributed by atoms with Crippen LogP contribution in [0.1, 0.15) is 12.5 Å². The van der Waals surface area contributed by atoms with Crippen LogP contribution < -0.4 is 0 Å². The summed E-state index contributed by atoms with van der Waals surface area (Å²) in [5.74, 6) is -0.194. The normalized spacial score (nSPS) is 20.9. The number of allylic oxidation sites excluding steroid dienone is 1. The Morgan fingerprint density at radius 3 is 2.68 bits per heavy atom. The van der Waals surface area contributed by atoms with Crippen molar-refractivity contribution < 1.29 is 9.18 Å². The van der Waals surface area contributed by atoms with Gasteiger partial charge in [0.25, 0.3) is 0 Å². The summed E-state index contributed by atoms with van der Waals surface area (Å²) in [4.78, 5) is 14.9. The monoisotopic (exact) mass is 262 g/mol. The number of halogens is 1. The first kappa shape index (κ1) is 13.7. The number of aldehydes is 1. The number of carbonyl (C=O) groups is 1. The Balaban J connectivity index is 1.89. The molecule has 4 heteroatoms. The molecule has 1 saturated heterocycles. The zero-order chi connectivity index (χ0) is 13.7. The highest BCUT2D eigenvalue weighted by molar-refractivity contribution is 5.64. The smallest absolute Gasteiger partial charge is 0.144 e. The van der Waals surface area contributed by atoms with Crippen molar-refractivity contribution in [1.29, 1.82) is 0 Å². The molecule has 0 aliphatic carbocycles. The molecule has 0 N–H and O–H groups in total. The molecule has 0 saturated carbocycles. The van der Waals surface area contributed by atoms with Gasteiger partial charge in [-0.3, -0.25) is 9.69 Å². The Morgan fingerprint density at radius 1 is 1.32 bits per heavy atom. The molecular formula is C15H19FN2O. The zero-order valence-electron chi connectivity index (χ0n) is 11.1. The minimum atomic E-state index is -0.194. The van der Waals surface area contributed by atoms with Gasteiger partial charge in [-0.1, -0.05) is 12.1 Å². The van der Waals surface area contributed by atoms with Gasteiger partial charge in [-0.25, -0.2) is 4.39 Å². The van der Waals surface area contributed by atoms with Crippen molar-refractivity contribution >= 4 is 6.29 Å². The van der Waals surface area contributed by atoms with Crippen LogP contribution >= 0.6 is 0 Å². The third-order valence-corrected chi connectivity index (χ3v) is 3.44. The number of hydrogen-bond acceptors (Lipinski definition) is 3. The number of rotatable bonds is 4. The standard InChI is InChI=1S/C15H19FN2O/c1-13-11-17(8-9-18(13)7-2-10-19)12-14-3-5-15(16)6-4-14/h2-7,10,13H,8-9,11-12H2,1H3/b7-2-/t13-/m0/s1. The summed E-state index contributed by atoms with van der Waals surface area (Å²) in [5.41, 5.74) is 1.13. The van der Waals surface area contributed by atoms with Crippen LogP contribution in [0.2, 0.25) is 0 Å². The van der Waals surface area contributed by atoms with E-state index in [1.807, 2.05) is 18.3 Å². The number of hydrogen-bond donors (Lipinski definition) is 0. The van der Waals surface area contributed by atoms with Crippen molar-refractivity contribution in [2.24, 2.45) is 0 Å². The lowest BCUT2D eigenvalue weighted by Gasteiger charge is -2.39. The van der Waals surface area contributed by atoms with Gasteiger partial charge in [-0.05, 0) is 30.7 Å². The van der Waals surface area contributed by atoms with Gasteiger partial charge in [0.1, 0.15) is 12.1 Å². The summed E-state index contributed by atoms with van der Waals surface area (Å²) >= 11 is 0. The summed E-state index contributed by atoms with van der Waals surface area (Å²) in [6, 6.07) is 7.05. The topological polar surface area (TPSA) is 23.6 Å². The molecular weight excluding hydrogens is 243 g/mol. The van der Waals surface area contributed by atoms with Crippen LogP contribution in [0, 0.1) is 5.82 Å². The average Bonchev–Trinajstić information content (AvgIpc) is 2.41. The summed E-state index contributed by atoms with van der Waals surface area (Å²) in [6.07, 6.45) is 4.19. The highest BCUT2D eigenvalue weighted by atomic mass is 19.1. The number of piperazine rings is 1. The van der Waals surface area contributed by atoms with Crippen LogP contribution in [0.3, 0.4) is 0 Å². The van der Waals surface area contributed by atoms with E-state index in [0.29, 0.717) is 6.04 Å². The van der Waals surface area contributed by atoms with Crippen LogP contribution in [0.5, 0.6) is 0 Å². The molecule has 102 valence electrons. The van der Waals surface area contributed by atoms with E-state index in [0.717, 1.165) is 38.0 Å². The van der Waals surface area contributed by atoms with E-state index < -0.39 is 0 Å². The quantitative estimate of drug-likeness (QED) is 0.613. The second kappa shape index (κ2) is 6.48. The molecule has 2 rings (SSSR count). The maximum atomic E-state index is 12.8. The molecule has 1 aromatic carbocycles. The number of benzene rings is 1. The molecule has 1 fully saturated rings. The molecule has 1 heterocycles. The fourth-order valence-electron chi connectivity index (χ4n) is 2.41. The lowest BCUT2D eigenvalue weighted by atomic mass is 10.1. The summed E-state index contributed by atoms with van der Waals surface area (Å²) in [6.45, 7) is 5.79. The van der Waals surface area contributed by atoms with Crippen molar-refractivity contribution in [2.75, 3.05) is 19.6 Å². The van der Waals surface area contributed by atoms with Crippen LogP contribution in [-0.2, 0) is 11.3 Å². The Hall–Kier alpha value is -1.68. The highest BCUT2D eigenvalue weighted by Crippen LogP contribution is 2.13. The van der Waals surface area contributed by atoms with Gasteiger partial charge in [0, 0.05) is 38.4 Å². The number of carbonyl (C=O) groups excluding carboxylic acids is 1. The van der Waals surface area contributed by atoms with Crippen LogP contribution in [-0.4, -0.2) is 41.8 Å². The molecule has 1 aromatic rings. The Bertz CT molecular complexity index is 444. The summed E-state index contributed by atoms with van der Waals surface area (Å²) in [5, 5.41) is 0. The van der Waals surface area contributed by atoms with Crippen molar-refractivity contribution in [3.8, 4) is 0 Å². The Morgan fingerprint density at radius 2 is 2.05 bits per heavy atom. The molecule has 1 aliphatic rings. The van der Waals surface area contributed by atoms with Crippen molar-refractivity contribution in [3.05, 3.63) is 47.9 Å². The second-order valence-electron chi connectivity index (χ2n) is 4.93. The molecule has 1 atom stereocenters. The fourth-order valence-corrected chi connectivity index (χ4v) is 2.41. The Kier molecular flexibility index (Phi) is 4.68. The lowest BCUT2D eigenvalue weighted by molar-refractivity contribution is -0.104. The third kappa shape index (κ3) is 3.89. The first-order chi connectivity index (χ1) is 9.19. The minimum absolute atomic E-state index is 0.194. The lowest BCUT2D eigenvalue weighted by Crippen LogP contribution is -2.49. The van der Waals surface area contributed by atoms with Gasteiger partial charge in [-0.15, -0.1) is 0 Å². The maximum Gasteiger partial charge on any atom is 0.144 e. The first-order valence-electron chi connectivity index (χ1n) is 6.53. The predicted molar refractivity (Wildman–Crippen MR) is 73.0 cm³/mol. The third-order valence-electron chi connectivity index (χ3n) is 3.44. The molecule has 19 heavy (non-hydrogen) atoms. The maximum absolute atomic E-state index is 12.8. The Labute approximate surface area is 113 Å². The van der Waals surface area contributed by atoms with E-state index in [9.17, 15) is 9.18 Å². The van der Waals surface area contributed by atoms with Gasteiger partial charge in [0.15, 0.2) is 0 Å².